The van der Waals surface area contributed by atoms with E-state index in [1.165, 1.54) is 11.8 Å². The summed E-state index contributed by atoms with van der Waals surface area (Å²) in [7, 11) is 3.66. The predicted octanol–water partition coefficient (Wildman–Crippen LogP) is 4.01. The van der Waals surface area contributed by atoms with Gasteiger partial charge in [-0.15, -0.1) is 0 Å². The van der Waals surface area contributed by atoms with Gasteiger partial charge in [-0.3, -0.25) is 4.79 Å². The third-order valence-corrected chi connectivity index (χ3v) is 5.98. The molecule has 0 radical (unpaired) electrons. The van der Waals surface area contributed by atoms with Gasteiger partial charge in [-0.25, -0.2) is 9.97 Å². The molecule has 9 nitrogen and oxygen atoms in total. The van der Waals surface area contributed by atoms with E-state index < -0.39 is 0 Å². The van der Waals surface area contributed by atoms with Gasteiger partial charge < -0.3 is 28.8 Å². The normalized spacial score (nSPS) is 12.1. The number of carbonyl (C=O) groups excluding carboxylic acids is 1. The zero-order valence-electron chi connectivity index (χ0n) is 19.5. The van der Waals surface area contributed by atoms with Gasteiger partial charge in [0.2, 0.25) is 6.79 Å². The van der Waals surface area contributed by atoms with Gasteiger partial charge in [0, 0.05) is 33.3 Å². The van der Waals surface area contributed by atoms with Crippen LogP contribution in [0.3, 0.4) is 0 Å². The van der Waals surface area contributed by atoms with Crippen LogP contribution in [-0.2, 0) is 23.6 Å². The number of hydrogen-bond acceptors (Lipinski definition) is 9. The zero-order valence-corrected chi connectivity index (χ0v) is 20.3. The van der Waals surface area contributed by atoms with E-state index in [2.05, 4.69) is 27.1 Å². The van der Waals surface area contributed by atoms with Crippen LogP contribution in [0.25, 0.3) is 0 Å². The summed E-state index contributed by atoms with van der Waals surface area (Å²) < 4.78 is 21.7. The predicted molar refractivity (Wildman–Crippen MR) is 128 cm³/mol. The van der Waals surface area contributed by atoms with Crippen LogP contribution in [0, 0.1) is 0 Å². The number of amides is 1. The van der Waals surface area contributed by atoms with Crippen LogP contribution in [0.1, 0.15) is 40.9 Å². The third kappa shape index (κ3) is 6.00. The molecule has 10 heteroatoms. The monoisotopic (exact) mass is 484 g/mol. The van der Waals surface area contributed by atoms with Crippen molar-refractivity contribution >= 4 is 23.5 Å². The average molecular weight is 485 g/mol. The maximum atomic E-state index is 12.5. The van der Waals surface area contributed by atoms with E-state index in [4.69, 9.17) is 18.6 Å². The van der Waals surface area contributed by atoms with Crippen molar-refractivity contribution in [2.75, 3.05) is 32.4 Å². The molecule has 0 spiro atoms. The first-order valence-electron chi connectivity index (χ1n) is 11.0. The summed E-state index contributed by atoms with van der Waals surface area (Å²) in [6.07, 6.45) is 1.02. The molecule has 3 aromatic rings. The number of furan rings is 1. The van der Waals surface area contributed by atoms with Crippen LogP contribution in [0.15, 0.2) is 46.0 Å². The second kappa shape index (κ2) is 11.3. The number of methoxy groups -OCH3 is 1. The smallest absolute Gasteiger partial charge is 0.287 e. The van der Waals surface area contributed by atoms with Gasteiger partial charge >= 0.3 is 0 Å². The van der Waals surface area contributed by atoms with Crippen LogP contribution < -0.4 is 19.7 Å². The summed E-state index contributed by atoms with van der Waals surface area (Å²) in [5, 5.41) is 3.50. The SMILES string of the molecule is CCCN(C)c1cc(COC)nc(SCc2ccc(C(=O)NCc3ccc4c(c3)OCO4)o2)n1. The molecule has 3 heterocycles. The summed E-state index contributed by atoms with van der Waals surface area (Å²) in [6.45, 7) is 4.02. The van der Waals surface area contributed by atoms with Gasteiger partial charge in [-0.1, -0.05) is 24.8 Å². The zero-order chi connectivity index (χ0) is 23.9. The van der Waals surface area contributed by atoms with E-state index in [1.54, 1.807) is 19.2 Å². The number of benzene rings is 1. The Morgan fingerprint density at radius 3 is 2.85 bits per heavy atom. The van der Waals surface area contributed by atoms with Crippen LogP contribution in [0.2, 0.25) is 0 Å². The molecule has 0 aliphatic carbocycles. The van der Waals surface area contributed by atoms with Crippen molar-refractivity contribution in [3.8, 4) is 11.5 Å². The van der Waals surface area contributed by atoms with Gasteiger partial charge in [-0.05, 0) is 36.2 Å². The van der Waals surface area contributed by atoms with Crippen molar-refractivity contribution in [2.24, 2.45) is 0 Å². The number of carbonyl (C=O) groups is 1. The molecule has 2 aromatic heterocycles. The highest BCUT2D eigenvalue weighted by atomic mass is 32.2. The molecule has 0 unspecified atom stereocenters. The molecule has 1 aliphatic heterocycles. The number of rotatable bonds is 11. The van der Waals surface area contributed by atoms with Crippen molar-refractivity contribution in [3.63, 3.8) is 0 Å². The first kappa shape index (κ1) is 23.9. The van der Waals surface area contributed by atoms with Crippen molar-refractivity contribution in [1.82, 2.24) is 15.3 Å². The van der Waals surface area contributed by atoms with Crippen LogP contribution >= 0.6 is 11.8 Å². The molecule has 4 rings (SSSR count). The minimum atomic E-state index is -0.282. The molecular formula is C24H28N4O5S. The van der Waals surface area contributed by atoms with E-state index in [0.717, 1.165) is 30.0 Å². The molecule has 34 heavy (non-hydrogen) atoms. The van der Waals surface area contributed by atoms with Crippen LogP contribution in [-0.4, -0.2) is 43.4 Å². The molecule has 180 valence electrons. The van der Waals surface area contributed by atoms with Gasteiger partial charge in [-0.2, -0.15) is 0 Å². The van der Waals surface area contributed by atoms with Gasteiger partial charge in [0.05, 0.1) is 18.1 Å². The lowest BCUT2D eigenvalue weighted by Gasteiger charge is -2.18. The molecule has 0 bridgehead atoms. The van der Waals surface area contributed by atoms with Crippen molar-refractivity contribution < 1.29 is 23.4 Å². The Labute approximate surface area is 202 Å². The largest absolute Gasteiger partial charge is 0.455 e. The Balaban J connectivity index is 1.34. The second-order valence-corrected chi connectivity index (χ2v) is 8.72. The number of fused-ring (bicyclic) bond motifs is 1. The molecule has 0 saturated carbocycles. The van der Waals surface area contributed by atoms with Gasteiger partial charge in [0.25, 0.3) is 5.91 Å². The lowest BCUT2D eigenvalue weighted by molar-refractivity contribution is 0.0921. The first-order valence-corrected chi connectivity index (χ1v) is 12.0. The highest BCUT2D eigenvalue weighted by Crippen LogP contribution is 2.32. The number of anilines is 1. The number of nitrogens with zero attached hydrogens (tertiary/aromatic N) is 3. The van der Waals surface area contributed by atoms with Crippen molar-refractivity contribution in [2.45, 2.75) is 37.4 Å². The molecular weight excluding hydrogens is 456 g/mol. The second-order valence-electron chi connectivity index (χ2n) is 7.78. The molecule has 1 aromatic carbocycles. The van der Waals surface area contributed by atoms with E-state index in [-0.39, 0.29) is 18.5 Å². The highest BCUT2D eigenvalue weighted by molar-refractivity contribution is 7.98. The fourth-order valence-corrected chi connectivity index (χ4v) is 4.19. The fraction of sp³-hybridized carbons (Fsp3) is 0.375. The molecule has 1 aliphatic rings. The molecule has 0 atom stereocenters. The molecule has 0 saturated heterocycles. The van der Waals surface area contributed by atoms with Crippen molar-refractivity contribution in [3.05, 3.63) is 59.2 Å². The van der Waals surface area contributed by atoms with E-state index in [0.29, 0.717) is 41.3 Å². The topological polar surface area (TPSA) is 99.0 Å². The maximum Gasteiger partial charge on any atom is 0.287 e. The van der Waals surface area contributed by atoms with Crippen molar-refractivity contribution in [1.29, 1.82) is 0 Å². The summed E-state index contributed by atoms with van der Waals surface area (Å²) in [6, 6.07) is 11.0. The summed E-state index contributed by atoms with van der Waals surface area (Å²) in [5.41, 5.74) is 1.73. The van der Waals surface area contributed by atoms with E-state index in [1.807, 2.05) is 31.3 Å². The van der Waals surface area contributed by atoms with E-state index in [9.17, 15) is 4.79 Å². The summed E-state index contributed by atoms with van der Waals surface area (Å²) in [4.78, 5) is 23.9. The lowest BCUT2D eigenvalue weighted by atomic mass is 10.2. The third-order valence-electron chi connectivity index (χ3n) is 5.11. The summed E-state index contributed by atoms with van der Waals surface area (Å²) in [5.74, 6) is 3.40. The minimum Gasteiger partial charge on any atom is -0.455 e. The average Bonchev–Trinajstić information content (AvgIpc) is 3.51. The Bertz CT molecular complexity index is 1140. The van der Waals surface area contributed by atoms with Gasteiger partial charge in [0.15, 0.2) is 22.4 Å². The number of ether oxygens (including phenoxy) is 3. The van der Waals surface area contributed by atoms with Crippen LogP contribution in [0.5, 0.6) is 11.5 Å². The quantitative estimate of drug-likeness (QED) is 0.320. The lowest BCUT2D eigenvalue weighted by Crippen LogP contribution is -2.22. The standard InChI is InChI=1S/C24H28N4O5S/c1-4-9-28(2)22-11-17(13-30-3)26-24(27-22)34-14-18-6-8-20(33-18)23(29)25-12-16-5-7-19-21(10-16)32-15-31-19/h5-8,10-11H,4,9,12-15H2,1-3H3,(H,25,29). The maximum absolute atomic E-state index is 12.5. The Kier molecular flexibility index (Phi) is 7.91. The first-order chi connectivity index (χ1) is 16.6. The molecule has 0 fully saturated rings. The fourth-order valence-electron chi connectivity index (χ4n) is 3.42. The number of aromatic nitrogens is 2. The van der Waals surface area contributed by atoms with Gasteiger partial charge in [0.1, 0.15) is 11.6 Å². The molecule has 1 N–H and O–H groups in total. The highest BCUT2D eigenvalue weighted by Gasteiger charge is 2.16. The Morgan fingerprint density at radius 2 is 2.03 bits per heavy atom. The van der Waals surface area contributed by atoms with E-state index >= 15 is 0 Å². The Hall–Kier alpha value is -3.24. The summed E-state index contributed by atoms with van der Waals surface area (Å²) >= 11 is 1.45. The number of hydrogen-bond donors (Lipinski definition) is 1. The minimum absolute atomic E-state index is 0.219. The number of thioether (sulfide) groups is 1. The Morgan fingerprint density at radius 1 is 1.18 bits per heavy atom. The molecule has 1 amide bonds. The van der Waals surface area contributed by atoms with Crippen LogP contribution in [0.4, 0.5) is 5.82 Å². The number of nitrogens with one attached hydrogen (secondary N) is 1.